The van der Waals surface area contributed by atoms with Crippen LogP contribution in [0, 0.1) is 6.92 Å². The van der Waals surface area contributed by atoms with Crippen molar-refractivity contribution in [2.45, 2.75) is 6.92 Å². The van der Waals surface area contributed by atoms with Gasteiger partial charge in [0, 0.05) is 5.39 Å². The van der Waals surface area contributed by atoms with E-state index in [9.17, 15) is 14.4 Å². The first-order valence-corrected chi connectivity index (χ1v) is 8.13. The third-order valence-corrected chi connectivity index (χ3v) is 3.72. The standard InChI is InChI=1S/C19H17N3O5/c1-11-6-7-16(27-11)15-8-13(12-4-2-3-5-14(12)22-15)19(25)26-10-18(24)21-9-17(20)23/h2-8H,9-10H2,1H3,(H2,20,23)(H,21,24). The molecule has 0 spiro atoms. The van der Waals surface area contributed by atoms with Crippen molar-refractivity contribution in [1.29, 1.82) is 0 Å². The van der Waals surface area contributed by atoms with Crippen LogP contribution in [0.25, 0.3) is 22.4 Å². The lowest BCUT2D eigenvalue weighted by molar-refractivity contribution is -0.127. The van der Waals surface area contributed by atoms with Gasteiger partial charge in [0.25, 0.3) is 5.91 Å². The van der Waals surface area contributed by atoms with Crippen molar-refractivity contribution < 1.29 is 23.5 Å². The molecule has 8 nitrogen and oxygen atoms in total. The second-order valence-electron chi connectivity index (χ2n) is 5.80. The Hall–Kier alpha value is -3.68. The van der Waals surface area contributed by atoms with Gasteiger partial charge in [0.15, 0.2) is 12.4 Å². The number of hydrogen-bond acceptors (Lipinski definition) is 6. The average molecular weight is 367 g/mol. The predicted octanol–water partition coefficient (Wildman–Crippen LogP) is 1.56. The second kappa shape index (κ2) is 7.69. The number of nitrogens with two attached hydrogens (primary N) is 1. The molecule has 1 aromatic carbocycles. The quantitative estimate of drug-likeness (QED) is 0.637. The molecule has 2 aromatic heterocycles. The van der Waals surface area contributed by atoms with Crippen LogP contribution in [0.5, 0.6) is 0 Å². The third kappa shape index (κ3) is 4.30. The first-order chi connectivity index (χ1) is 12.9. The smallest absolute Gasteiger partial charge is 0.339 e. The normalized spacial score (nSPS) is 10.6. The SMILES string of the molecule is Cc1ccc(-c2cc(C(=O)OCC(=O)NCC(N)=O)c3ccccc3n2)o1. The number of aromatic nitrogens is 1. The van der Waals surface area contributed by atoms with Gasteiger partial charge >= 0.3 is 5.97 Å². The largest absolute Gasteiger partial charge is 0.460 e. The maximum Gasteiger partial charge on any atom is 0.339 e. The van der Waals surface area contributed by atoms with Gasteiger partial charge in [0.05, 0.1) is 17.6 Å². The fourth-order valence-corrected chi connectivity index (χ4v) is 2.49. The molecule has 3 rings (SSSR count). The van der Waals surface area contributed by atoms with Crippen LogP contribution in [0.15, 0.2) is 46.9 Å². The molecule has 0 radical (unpaired) electrons. The monoisotopic (exact) mass is 367 g/mol. The van der Waals surface area contributed by atoms with Crippen molar-refractivity contribution in [1.82, 2.24) is 10.3 Å². The predicted molar refractivity (Wildman–Crippen MR) is 96.7 cm³/mol. The summed E-state index contributed by atoms with van der Waals surface area (Å²) in [5.74, 6) is -0.760. The van der Waals surface area contributed by atoms with Gasteiger partial charge in [-0.05, 0) is 31.2 Å². The van der Waals surface area contributed by atoms with E-state index in [0.717, 1.165) is 5.76 Å². The van der Waals surface area contributed by atoms with E-state index in [1.165, 1.54) is 0 Å². The molecular formula is C19H17N3O5. The van der Waals surface area contributed by atoms with E-state index >= 15 is 0 Å². The van der Waals surface area contributed by atoms with Crippen LogP contribution >= 0.6 is 0 Å². The Bertz CT molecular complexity index is 1030. The molecule has 0 fully saturated rings. The minimum absolute atomic E-state index is 0.257. The molecular weight excluding hydrogens is 350 g/mol. The first-order valence-electron chi connectivity index (χ1n) is 8.13. The number of ether oxygens (including phenoxy) is 1. The molecule has 2 amide bonds. The van der Waals surface area contributed by atoms with Crippen molar-refractivity contribution in [2.24, 2.45) is 5.73 Å². The number of benzene rings is 1. The molecule has 0 bridgehead atoms. The second-order valence-corrected chi connectivity index (χ2v) is 5.80. The summed E-state index contributed by atoms with van der Waals surface area (Å²) in [5, 5.41) is 2.84. The average Bonchev–Trinajstić information content (AvgIpc) is 3.09. The number of furan rings is 1. The summed E-state index contributed by atoms with van der Waals surface area (Å²) in [6, 6.07) is 12.2. The number of primary amides is 1. The Morgan fingerprint density at radius 2 is 1.96 bits per heavy atom. The summed E-state index contributed by atoms with van der Waals surface area (Å²) in [6.45, 7) is 0.957. The Morgan fingerprint density at radius 3 is 2.67 bits per heavy atom. The Morgan fingerprint density at radius 1 is 1.19 bits per heavy atom. The van der Waals surface area contributed by atoms with E-state index in [-0.39, 0.29) is 12.1 Å². The molecule has 0 aliphatic rings. The zero-order valence-corrected chi connectivity index (χ0v) is 14.5. The van der Waals surface area contributed by atoms with Gasteiger partial charge in [-0.2, -0.15) is 0 Å². The minimum Gasteiger partial charge on any atom is -0.460 e. The van der Waals surface area contributed by atoms with Crippen LogP contribution in [-0.4, -0.2) is 35.9 Å². The number of rotatable bonds is 6. The number of carbonyl (C=O) groups excluding carboxylic acids is 3. The first kappa shape index (κ1) is 18.1. The summed E-state index contributed by atoms with van der Waals surface area (Å²) in [6.07, 6.45) is 0. The van der Waals surface area contributed by atoms with Gasteiger partial charge < -0.3 is 20.2 Å². The van der Waals surface area contributed by atoms with E-state index in [1.54, 1.807) is 42.5 Å². The Balaban J connectivity index is 1.87. The van der Waals surface area contributed by atoms with Gasteiger partial charge in [-0.25, -0.2) is 9.78 Å². The fourth-order valence-electron chi connectivity index (χ4n) is 2.49. The van der Waals surface area contributed by atoms with E-state index in [1.807, 2.05) is 6.92 Å². The van der Waals surface area contributed by atoms with Gasteiger partial charge in [-0.15, -0.1) is 0 Å². The molecule has 0 saturated heterocycles. The zero-order chi connectivity index (χ0) is 19.4. The molecule has 0 aliphatic carbocycles. The van der Waals surface area contributed by atoms with Gasteiger partial charge in [0.2, 0.25) is 5.91 Å². The summed E-state index contributed by atoms with van der Waals surface area (Å²) in [5.41, 5.74) is 6.27. The van der Waals surface area contributed by atoms with Gasteiger partial charge in [-0.3, -0.25) is 9.59 Å². The van der Waals surface area contributed by atoms with Crippen molar-refractivity contribution in [3.63, 3.8) is 0 Å². The molecule has 27 heavy (non-hydrogen) atoms. The number of pyridine rings is 1. The molecule has 0 saturated carbocycles. The number of nitrogens with zero attached hydrogens (tertiary/aromatic N) is 1. The molecule has 2 heterocycles. The number of fused-ring (bicyclic) bond motifs is 1. The number of para-hydroxylation sites is 1. The fraction of sp³-hybridized carbons (Fsp3) is 0.158. The summed E-state index contributed by atoms with van der Waals surface area (Å²) >= 11 is 0. The molecule has 3 aromatic rings. The number of nitrogens with one attached hydrogen (secondary N) is 1. The Kier molecular flexibility index (Phi) is 5.16. The van der Waals surface area contributed by atoms with E-state index in [2.05, 4.69) is 10.3 Å². The molecule has 138 valence electrons. The van der Waals surface area contributed by atoms with E-state index in [0.29, 0.717) is 22.4 Å². The number of carbonyl (C=O) groups is 3. The lowest BCUT2D eigenvalue weighted by Crippen LogP contribution is -2.36. The van der Waals surface area contributed by atoms with Crippen LogP contribution in [0.4, 0.5) is 0 Å². The minimum atomic E-state index is -0.688. The summed E-state index contributed by atoms with van der Waals surface area (Å²) < 4.78 is 10.6. The lowest BCUT2D eigenvalue weighted by Gasteiger charge is -2.09. The number of aryl methyl sites for hydroxylation is 1. The highest BCUT2D eigenvalue weighted by Crippen LogP contribution is 2.26. The maximum atomic E-state index is 12.5. The maximum absolute atomic E-state index is 12.5. The number of hydrogen-bond donors (Lipinski definition) is 2. The topological polar surface area (TPSA) is 125 Å². The van der Waals surface area contributed by atoms with Crippen molar-refractivity contribution >= 4 is 28.7 Å². The van der Waals surface area contributed by atoms with Crippen LogP contribution in [0.1, 0.15) is 16.1 Å². The van der Waals surface area contributed by atoms with E-state index < -0.39 is 24.4 Å². The third-order valence-electron chi connectivity index (χ3n) is 3.72. The lowest BCUT2D eigenvalue weighted by atomic mass is 10.1. The van der Waals surface area contributed by atoms with Crippen molar-refractivity contribution in [3.05, 3.63) is 53.8 Å². The highest BCUT2D eigenvalue weighted by atomic mass is 16.5. The number of esters is 1. The Labute approximate surface area is 154 Å². The van der Waals surface area contributed by atoms with Crippen LogP contribution in [-0.2, 0) is 14.3 Å². The van der Waals surface area contributed by atoms with Gasteiger partial charge in [-0.1, -0.05) is 18.2 Å². The van der Waals surface area contributed by atoms with Crippen molar-refractivity contribution in [3.8, 4) is 11.5 Å². The van der Waals surface area contributed by atoms with Crippen molar-refractivity contribution in [2.75, 3.05) is 13.2 Å². The summed E-state index contributed by atoms with van der Waals surface area (Å²) in [7, 11) is 0. The molecule has 0 aliphatic heterocycles. The molecule has 0 atom stereocenters. The van der Waals surface area contributed by atoms with Crippen LogP contribution < -0.4 is 11.1 Å². The highest BCUT2D eigenvalue weighted by molar-refractivity contribution is 6.05. The van der Waals surface area contributed by atoms with Crippen LogP contribution in [0.3, 0.4) is 0 Å². The molecule has 3 N–H and O–H groups in total. The highest BCUT2D eigenvalue weighted by Gasteiger charge is 2.17. The molecule has 8 heteroatoms. The zero-order valence-electron chi connectivity index (χ0n) is 14.5. The summed E-state index contributed by atoms with van der Waals surface area (Å²) in [4.78, 5) is 39.3. The van der Waals surface area contributed by atoms with Crippen LogP contribution in [0.2, 0.25) is 0 Å². The number of amides is 2. The molecule has 0 unspecified atom stereocenters. The van der Waals surface area contributed by atoms with Gasteiger partial charge in [0.1, 0.15) is 11.5 Å². The van der Waals surface area contributed by atoms with E-state index in [4.69, 9.17) is 14.9 Å².